The highest BCUT2D eigenvalue weighted by molar-refractivity contribution is 9.10. The molecule has 0 heterocycles. The molecule has 3 heteroatoms. The van der Waals surface area contributed by atoms with Crippen LogP contribution in [0.2, 0.25) is 0 Å². The maximum atomic E-state index is 10.6. The van der Waals surface area contributed by atoms with Gasteiger partial charge in [0, 0.05) is 10.5 Å². The van der Waals surface area contributed by atoms with Gasteiger partial charge in [0.05, 0.1) is 0 Å². The summed E-state index contributed by atoms with van der Waals surface area (Å²) in [7, 11) is 0. The second-order valence-electron chi connectivity index (χ2n) is 3.87. The van der Waals surface area contributed by atoms with E-state index in [-0.39, 0.29) is 0 Å². The van der Waals surface area contributed by atoms with Gasteiger partial charge in [0.25, 0.3) is 0 Å². The molecule has 2 rings (SSSR count). The Hall–Kier alpha value is -1.61. The van der Waals surface area contributed by atoms with Crippen molar-refractivity contribution in [2.45, 2.75) is 6.92 Å². The van der Waals surface area contributed by atoms with Gasteiger partial charge in [-0.2, -0.15) is 0 Å². The third-order valence-corrected chi connectivity index (χ3v) is 3.09. The third kappa shape index (κ3) is 2.74. The van der Waals surface area contributed by atoms with E-state index in [2.05, 4.69) is 15.9 Å². The van der Waals surface area contributed by atoms with Crippen molar-refractivity contribution < 1.29 is 9.90 Å². The number of carbonyl (C=O) groups is 1. The molecule has 0 amide bonds. The van der Waals surface area contributed by atoms with Crippen LogP contribution >= 0.6 is 15.9 Å². The summed E-state index contributed by atoms with van der Waals surface area (Å²) in [5.74, 6) is -0.918. The van der Waals surface area contributed by atoms with Crippen LogP contribution in [0.3, 0.4) is 0 Å². The Bertz CT molecular complexity index is 615. The van der Waals surface area contributed by atoms with E-state index in [9.17, 15) is 4.79 Å². The fraction of sp³-hybridized carbons (Fsp3) is 0.0714. The Morgan fingerprint density at radius 3 is 2.53 bits per heavy atom. The van der Waals surface area contributed by atoms with Crippen molar-refractivity contribution >= 4 is 38.2 Å². The molecule has 0 spiro atoms. The number of rotatable bonds is 2. The van der Waals surface area contributed by atoms with Crippen LogP contribution in [0, 0.1) is 0 Å². The highest BCUT2D eigenvalue weighted by Crippen LogP contribution is 2.23. The number of allylic oxidation sites excluding steroid dienone is 1. The van der Waals surface area contributed by atoms with Crippen molar-refractivity contribution in [2.75, 3.05) is 0 Å². The van der Waals surface area contributed by atoms with E-state index in [1.165, 1.54) is 6.08 Å². The highest BCUT2D eigenvalue weighted by Gasteiger charge is 2.01. The summed E-state index contributed by atoms with van der Waals surface area (Å²) in [6.07, 6.45) is 1.22. The highest BCUT2D eigenvalue weighted by atomic mass is 79.9. The van der Waals surface area contributed by atoms with Crippen LogP contribution in [0.5, 0.6) is 0 Å². The summed E-state index contributed by atoms with van der Waals surface area (Å²) < 4.78 is 1.04. The summed E-state index contributed by atoms with van der Waals surface area (Å²) in [6, 6.07) is 11.9. The largest absolute Gasteiger partial charge is 0.478 e. The minimum Gasteiger partial charge on any atom is -0.478 e. The minimum absolute atomic E-state index is 0.752. The Morgan fingerprint density at radius 2 is 1.82 bits per heavy atom. The van der Waals surface area contributed by atoms with E-state index in [0.29, 0.717) is 0 Å². The molecule has 0 fully saturated rings. The van der Waals surface area contributed by atoms with Crippen molar-refractivity contribution in [3.8, 4) is 0 Å². The fourth-order valence-corrected chi connectivity index (χ4v) is 2.11. The van der Waals surface area contributed by atoms with E-state index in [1.807, 2.05) is 36.4 Å². The predicted molar refractivity (Wildman–Crippen MR) is 72.9 cm³/mol. The standard InChI is InChI=1S/C14H11BrO2/c1-9(6-14(16)17)10-2-3-12-8-13(15)5-4-11(12)7-10/h2-8H,1H3,(H,16,17)/b9-6+. The molecule has 17 heavy (non-hydrogen) atoms. The molecule has 2 nitrogen and oxygen atoms in total. The van der Waals surface area contributed by atoms with Crippen LogP contribution < -0.4 is 0 Å². The number of hydrogen-bond donors (Lipinski definition) is 1. The third-order valence-electron chi connectivity index (χ3n) is 2.60. The van der Waals surface area contributed by atoms with Crippen molar-refractivity contribution in [3.05, 3.63) is 52.5 Å². The van der Waals surface area contributed by atoms with Crippen molar-refractivity contribution in [1.29, 1.82) is 0 Å². The Balaban J connectivity index is 2.52. The molecule has 0 unspecified atom stereocenters. The number of aliphatic carboxylic acids is 1. The van der Waals surface area contributed by atoms with Gasteiger partial charge in [-0.15, -0.1) is 0 Å². The molecule has 0 saturated carbocycles. The number of hydrogen-bond acceptors (Lipinski definition) is 1. The van der Waals surface area contributed by atoms with E-state index in [4.69, 9.17) is 5.11 Å². The SMILES string of the molecule is C/C(=C\C(=O)O)c1ccc2cc(Br)ccc2c1. The van der Waals surface area contributed by atoms with E-state index in [1.54, 1.807) is 6.92 Å². The summed E-state index contributed by atoms with van der Waals surface area (Å²) in [4.78, 5) is 10.6. The first kappa shape index (κ1) is 11.9. The van der Waals surface area contributed by atoms with E-state index in [0.717, 1.165) is 26.4 Å². The molecular formula is C14H11BrO2. The lowest BCUT2D eigenvalue weighted by Crippen LogP contribution is -1.90. The topological polar surface area (TPSA) is 37.3 Å². The predicted octanol–water partition coefficient (Wildman–Crippen LogP) is 4.09. The lowest BCUT2D eigenvalue weighted by molar-refractivity contribution is -0.131. The Morgan fingerprint density at radius 1 is 1.18 bits per heavy atom. The molecule has 0 aliphatic rings. The summed E-state index contributed by atoms with van der Waals surface area (Å²) >= 11 is 3.42. The minimum atomic E-state index is -0.918. The molecule has 86 valence electrons. The Labute approximate surface area is 108 Å². The quantitative estimate of drug-likeness (QED) is 0.846. The molecule has 0 aliphatic heterocycles. The zero-order valence-electron chi connectivity index (χ0n) is 9.27. The molecule has 1 N–H and O–H groups in total. The van der Waals surface area contributed by atoms with Crippen LogP contribution in [0.25, 0.3) is 16.3 Å². The van der Waals surface area contributed by atoms with Crippen LogP contribution in [-0.2, 0) is 4.79 Å². The first-order valence-corrected chi connectivity index (χ1v) is 5.96. The molecular weight excluding hydrogens is 280 g/mol. The second-order valence-corrected chi connectivity index (χ2v) is 4.79. The van der Waals surface area contributed by atoms with Crippen LogP contribution in [0.15, 0.2) is 46.9 Å². The van der Waals surface area contributed by atoms with E-state index < -0.39 is 5.97 Å². The van der Waals surface area contributed by atoms with Gasteiger partial charge in [-0.3, -0.25) is 0 Å². The van der Waals surface area contributed by atoms with Crippen LogP contribution in [0.4, 0.5) is 0 Å². The van der Waals surface area contributed by atoms with Gasteiger partial charge in [0.15, 0.2) is 0 Å². The maximum Gasteiger partial charge on any atom is 0.328 e. The van der Waals surface area contributed by atoms with Crippen LogP contribution in [0.1, 0.15) is 12.5 Å². The number of halogens is 1. The van der Waals surface area contributed by atoms with Crippen molar-refractivity contribution in [2.24, 2.45) is 0 Å². The van der Waals surface area contributed by atoms with Gasteiger partial charge in [-0.25, -0.2) is 4.79 Å². The molecule has 2 aromatic carbocycles. The number of benzene rings is 2. The van der Waals surface area contributed by atoms with Crippen LogP contribution in [-0.4, -0.2) is 11.1 Å². The van der Waals surface area contributed by atoms with Gasteiger partial charge in [0.1, 0.15) is 0 Å². The summed E-state index contributed by atoms with van der Waals surface area (Å²) in [5, 5.41) is 10.9. The van der Waals surface area contributed by atoms with E-state index >= 15 is 0 Å². The molecule has 0 radical (unpaired) electrons. The van der Waals surface area contributed by atoms with Gasteiger partial charge in [0.2, 0.25) is 0 Å². The number of carboxylic acids is 1. The number of carboxylic acid groups (broad SMARTS) is 1. The van der Waals surface area contributed by atoms with Gasteiger partial charge in [-0.05, 0) is 47.0 Å². The molecule has 0 atom stereocenters. The lowest BCUT2D eigenvalue weighted by atomic mass is 10.0. The lowest BCUT2D eigenvalue weighted by Gasteiger charge is -2.04. The Kier molecular flexibility index (Phi) is 3.29. The fourth-order valence-electron chi connectivity index (χ4n) is 1.73. The average Bonchev–Trinajstić information content (AvgIpc) is 2.27. The van der Waals surface area contributed by atoms with Gasteiger partial charge >= 0.3 is 5.97 Å². The average molecular weight is 291 g/mol. The monoisotopic (exact) mass is 290 g/mol. The summed E-state index contributed by atoms with van der Waals surface area (Å²) in [5.41, 5.74) is 1.68. The maximum absolute atomic E-state index is 10.6. The smallest absolute Gasteiger partial charge is 0.328 e. The normalized spacial score (nSPS) is 11.8. The zero-order valence-corrected chi connectivity index (χ0v) is 10.9. The zero-order chi connectivity index (χ0) is 12.4. The molecule has 0 bridgehead atoms. The second kappa shape index (κ2) is 4.72. The van der Waals surface area contributed by atoms with Crippen molar-refractivity contribution in [3.63, 3.8) is 0 Å². The molecule has 0 aromatic heterocycles. The number of fused-ring (bicyclic) bond motifs is 1. The van der Waals surface area contributed by atoms with Gasteiger partial charge in [-0.1, -0.05) is 34.1 Å². The molecule has 0 saturated heterocycles. The van der Waals surface area contributed by atoms with Crippen molar-refractivity contribution in [1.82, 2.24) is 0 Å². The molecule has 2 aromatic rings. The first-order chi connectivity index (χ1) is 8.06. The first-order valence-electron chi connectivity index (χ1n) is 5.17. The summed E-state index contributed by atoms with van der Waals surface area (Å²) in [6.45, 7) is 1.80. The van der Waals surface area contributed by atoms with Gasteiger partial charge < -0.3 is 5.11 Å². The molecule has 0 aliphatic carbocycles.